The first-order valence-corrected chi connectivity index (χ1v) is 7.20. The van der Waals surface area contributed by atoms with Gasteiger partial charge in [-0.3, -0.25) is 4.79 Å². The summed E-state index contributed by atoms with van der Waals surface area (Å²) in [4.78, 5) is 16.6. The van der Waals surface area contributed by atoms with Crippen molar-refractivity contribution in [2.75, 3.05) is 6.61 Å². The number of hydrogen-bond acceptors (Lipinski definition) is 4. The molecule has 1 aromatic heterocycles. The Hall–Kier alpha value is -0.740. The summed E-state index contributed by atoms with van der Waals surface area (Å²) in [7, 11) is 0. The number of ketones is 1. The summed E-state index contributed by atoms with van der Waals surface area (Å²) in [6.45, 7) is 2.58. The van der Waals surface area contributed by atoms with Crippen LogP contribution in [0.4, 0.5) is 0 Å². The largest absolute Gasteiger partial charge is 0.367 e. The van der Waals surface area contributed by atoms with Gasteiger partial charge < -0.3 is 4.74 Å². The number of ether oxygens (including phenoxy) is 1. The third kappa shape index (κ3) is 2.93. The Bertz CT molecular complexity index is 350. The van der Waals surface area contributed by atoms with Gasteiger partial charge in [-0.25, -0.2) is 4.98 Å². The molecule has 1 aliphatic rings. The molecule has 0 bridgehead atoms. The quantitative estimate of drug-likeness (QED) is 0.809. The molecule has 1 heterocycles. The second kappa shape index (κ2) is 5.74. The van der Waals surface area contributed by atoms with Crippen LogP contribution in [-0.2, 0) is 16.0 Å². The standard InChI is InChI=1S/C13H19NO2S/c1-2-16-13(6-4-3-5-7-13)11(15)10-12-14-8-9-17-12/h8-9H,2-7,10H2,1H3. The molecule has 1 aliphatic carbocycles. The van der Waals surface area contributed by atoms with Gasteiger partial charge in [-0.15, -0.1) is 11.3 Å². The number of hydrogen-bond donors (Lipinski definition) is 0. The summed E-state index contributed by atoms with van der Waals surface area (Å²) < 4.78 is 5.81. The molecule has 1 fully saturated rings. The van der Waals surface area contributed by atoms with E-state index in [2.05, 4.69) is 4.98 Å². The maximum atomic E-state index is 12.4. The van der Waals surface area contributed by atoms with Crippen LogP contribution in [-0.4, -0.2) is 23.0 Å². The Labute approximate surface area is 106 Å². The molecule has 2 rings (SSSR count). The molecule has 4 heteroatoms. The first-order valence-electron chi connectivity index (χ1n) is 6.32. The maximum Gasteiger partial charge on any atom is 0.171 e. The zero-order valence-corrected chi connectivity index (χ0v) is 11.1. The first kappa shape index (κ1) is 12.7. The second-order valence-electron chi connectivity index (χ2n) is 4.51. The Morgan fingerprint density at radius 2 is 2.24 bits per heavy atom. The number of aromatic nitrogens is 1. The number of Topliss-reactive ketones (excluding diaryl/α,β-unsaturated/α-hetero) is 1. The lowest BCUT2D eigenvalue weighted by Crippen LogP contribution is -2.44. The van der Waals surface area contributed by atoms with Crippen LogP contribution in [0.1, 0.15) is 44.0 Å². The van der Waals surface area contributed by atoms with E-state index in [0.717, 1.165) is 30.7 Å². The zero-order chi connectivity index (χ0) is 12.1. The number of rotatable bonds is 5. The first-order chi connectivity index (χ1) is 8.27. The monoisotopic (exact) mass is 253 g/mol. The molecule has 0 saturated heterocycles. The predicted molar refractivity (Wildman–Crippen MR) is 68.3 cm³/mol. The van der Waals surface area contributed by atoms with Crippen LogP contribution < -0.4 is 0 Å². The second-order valence-corrected chi connectivity index (χ2v) is 5.49. The van der Waals surface area contributed by atoms with Crippen LogP contribution in [0.2, 0.25) is 0 Å². The number of carbonyl (C=O) groups excluding carboxylic acids is 1. The summed E-state index contributed by atoms with van der Waals surface area (Å²) in [5.74, 6) is 0.217. The van der Waals surface area contributed by atoms with Crippen LogP contribution >= 0.6 is 11.3 Å². The van der Waals surface area contributed by atoms with Crippen molar-refractivity contribution in [3.05, 3.63) is 16.6 Å². The van der Waals surface area contributed by atoms with Gasteiger partial charge in [-0.05, 0) is 19.8 Å². The fraction of sp³-hybridized carbons (Fsp3) is 0.692. The lowest BCUT2D eigenvalue weighted by Gasteiger charge is -2.35. The predicted octanol–water partition coefficient (Wildman–Crippen LogP) is 2.99. The fourth-order valence-electron chi connectivity index (χ4n) is 2.54. The molecule has 0 N–H and O–H groups in total. The van der Waals surface area contributed by atoms with Gasteiger partial charge in [-0.1, -0.05) is 19.3 Å². The minimum absolute atomic E-state index is 0.217. The van der Waals surface area contributed by atoms with Crippen molar-refractivity contribution in [3.8, 4) is 0 Å². The Balaban J connectivity index is 2.06. The fourth-order valence-corrected chi connectivity index (χ4v) is 3.16. The van der Waals surface area contributed by atoms with E-state index in [1.54, 1.807) is 17.5 Å². The topological polar surface area (TPSA) is 39.2 Å². The highest BCUT2D eigenvalue weighted by Gasteiger charge is 2.39. The molecule has 0 atom stereocenters. The van der Waals surface area contributed by atoms with Crippen LogP contribution in [0.25, 0.3) is 0 Å². The smallest absolute Gasteiger partial charge is 0.171 e. The van der Waals surface area contributed by atoms with E-state index in [4.69, 9.17) is 4.74 Å². The highest BCUT2D eigenvalue weighted by Crippen LogP contribution is 2.33. The van der Waals surface area contributed by atoms with E-state index in [0.29, 0.717) is 13.0 Å². The van der Waals surface area contributed by atoms with Crippen molar-refractivity contribution < 1.29 is 9.53 Å². The van der Waals surface area contributed by atoms with Gasteiger partial charge in [0.2, 0.25) is 0 Å². The van der Waals surface area contributed by atoms with Crippen LogP contribution in [0.3, 0.4) is 0 Å². The highest BCUT2D eigenvalue weighted by atomic mass is 32.1. The summed E-state index contributed by atoms with van der Waals surface area (Å²) in [6.07, 6.45) is 7.36. The zero-order valence-electron chi connectivity index (χ0n) is 10.3. The molecule has 0 radical (unpaired) electrons. The van der Waals surface area contributed by atoms with Gasteiger partial charge >= 0.3 is 0 Å². The van der Waals surface area contributed by atoms with E-state index >= 15 is 0 Å². The van der Waals surface area contributed by atoms with E-state index in [-0.39, 0.29) is 5.78 Å². The van der Waals surface area contributed by atoms with E-state index in [9.17, 15) is 4.79 Å². The summed E-state index contributed by atoms with van der Waals surface area (Å²) >= 11 is 1.54. The van der Waals surface area contributed by atoms with Crippen molar-refractivity contribution in [2.24, 2.45) is 0 Å². The summed E-state index contributed by atoms with van der Waals surface area (Å²) in [6, 6.07) is 0. The van der Waals surface area contributed by atoms with Crippen molar-refractivity contribution in [3.63, 3.8) is 0 Å². The van der Waals surface area contributed by atoms with Gasteiger partial charge in [0.25, 0.3) is 0 Å². The number of thiazole rings is 1. The highest BCUT2D eigenvalue weighted by molar-refractivity contribution is 7.09. The Morgan fingerprint density at radius 3 is 2.82 bits per heavy atom. The molecule has 94 valence electrons. The lowest BCUT2D eigenvalue weighted by molar-refractivity contribution is -0.148. The molecule has 0 spiro atoms. The molecular weight excluding hydrogens is 234 g/mol. The number of carbonyl (C=O) groups is 1. The van der Waals surface area contributed by atoms with Gasteiger partial charge in [0.15, 0.2) is 5.78 Å². The SMILES string of the molecule is CCOC1(C(=O)Cc2nccs2)CCCCC1. The lowest BCUT2D eigenvalue weighted by atomic mass is 9.80. The third-order valence-electron chi connectivity index (χ3n) is 3.39. The van der Waals surface area contributed by atoms with Crippen molar-refractivity contribution >= 4 is 17.1 Å². The van der Waals surface area contributed by atoms with Gasteiger partial charge in [0.1, 0.15) is 5.60 Å². The van der Waals surface area contributed by atoms with Crippen LogP contribution in [0.15, 0.2) is 11.6 Å². The normalized spacial score (nSPS) is 19.1. The molecule has 0 amide bonds. The van der Waals surface area contributed by atoms with Crippen LogP contribution in [0.5, 0.6) is 0 Å². The van der Waals surface area contributed by atoms with Gasteiger partial charge in [-0.2, -0.15) is 0 Å². The van der Waals surface area contributed by atoms with E-state index < -0.39 is 5.60 Å². The molecule has 0 unspecified atom stereocenters. The molecule has 3 nitrogen and oxygen atoms in total. The third-order valence-corrected chi connectivity index (χ3v) is 4.16. The molecular formula is C13H19NO2S. The molecule has 0 aliphatic heterocycles. The summed E-state index contributed by atoms with van der Waals surface area (Å²) in [5, 5.41) is 2.82. The van der Waals surface area contributed by atoms with Gasteiger partial charge in [0, 0.05) is 18.2 Å². The minimum Gasteiger partial charge on any atom is -0.367 e. The Morgan fingerprint density at radius 1 is 1.47 bits per heavy atom. The number of nitrogens with zero attached hydrogens (tertiary/aromatic N) is 1. The Kier molecular flexibility index (Phi) is 4.29. The molecule has 1 saturated carbocycles. The summed E-state index contributed by atoms with van der Waals surface area (Å²) in [5.41, 5.74) is -0.515. The van der Waals surface area contributed by atoms with Gasteiger partial charge in [0.05, 0.1) is 11.4 Å². The average molecular weight is 253 g/mol. The van der Waals surface area contributed by atoms with E-state index in [1.165, 1.54) is 6.42 Å². The molecule has 1 aromatic rings. The van der Waals surface area contributed by atoms with Crippen molar-refractivity contribution in [2.45, 2.75) is 51.0 Å². The minimum atomic E-state index is -0.515. The molecule has 0 aromatic carbocycles. The average Bonchev–Trinajstić information content (AvgIpc) is 2.83. The maximum absolute atomic E-state index is 12.4. The van der Waals surface area contributed by atoms with Crippen LogP contribution in [0, 0.1) is 0 Å². The van der Waals surface area contributed by atoms with Crippen molar-refractivity contribution in [1.29, 1.82) is 0 Å². The van der Waals surface area contributed by atoms with E-state index in [1.807, 2.05) is 12.3 Å². The van der Waals surface area contributed by atoms with Crippen molar-refractivity contribution in [1.82, 2.24) is 4.98 Å². The molecule has 17 heavy (non-hydrogen) atoms.